The molecule has 4 atom stereocenters. The summed E-state index contributed by atoms with van der Waals surface area (Å²) < 4.78 is 38.2. The van der Waals surface area contributed by atoms with E-state index in [4.69, 9.17) is 0 Å². The van der Waals surface area contributed by atoms with E-state index in [0.29, 0.717) is 37.1 Å². The van der Waals surface area contributed by atoms with Gasteiger partial charge in [0.05, 0.1) is 17.9 Å². The van der Waals surface area contributed by atoms with Crippen LogP contribution < -0.4 is 15.1 Å². The van der Waals surface area contributed by atoms with Gasteiger partial charge in [0.1, 0.15) is 17.8 Å². The van der Waals surface area contributed by atoms with E-state index in [1.807, 2.05) is 19.2 Å². The van der Waals surface area contributed by atoms with Crippen LogP contribution in [-0.4, -0.2) is 77.9 Å². The van der Waals surface area contributed by atoms with Crippen LogP contribution in [0, 0.1) is 0 Å². The van der Waals surface area contributed by atoms with Gasteiger partial charge in [-0.15, -0.1) is 0 Å². The van der Waals surface area contributed by atoms with Crippen LogP contribution in [0.1, 0.15) is 38.7 Å². The first-order valence-electron chi connectivity index (χ1n) is 12.6. The van der Waals surface area contributed by atoms with Crippen LogP contribution in [0.4, 0.5) is 27.7 Å². The minimum atomic E-state index is -3.11. The second kappa shape index (κ2) is 9.68. The summed E-state index contributed by atoms with van der Waals surface area (Å²) in [7, 11) is -3.11. The summed E-state index contributed by atoms with van der Waals surface area (Å²) >= 11 is 0. The van der Waals surface area contributed by atoms with E-state index < -0.39 is 22.1 Å². The lowest BCUT2D eigenvalue weighted by molar-refractivity contribution is 0.0612. The molecule has 2 aliphatic heterocycles. The zero-order chi connectivity index (χ0) is 26.5. The van der Waals surface area contributed by atoms with Crippen molar-refractivity contribution in [2.24, 2.45) is 0 Å². The summed E-state index contributed by atoms with van der Waals surface area (Å²) in [6, 6.07) is 7.77. The Labute approximate surface area is 216 Å². The number of nitrogens with one attached hydrogen (secondary N) is 1. The number of anilines is 4. The van der Waals surface area contributed by atoms with Crippen LogP contribution in [0.5, 0.6) is 0 Å². The third-order valence-electron chi connectivity index (χ3n) is 7.49. The molecule has 0 bridgehead atoms. The van der Waals surface area contributed by atoms with Crippen molar-refractivity contribution in [2.75, 3.05) is 41.0 Å². The predicted octanol–water partition coefficient (Wildman–Crippen LogP) is 3.42. The molecule has 0 spiro atoms. The van der Waals surface area contributed by atoms with Crippen molar-refractivity contribution in [3.05, 3.63) is 42.2 Å². The Morgan fingerprint density at radius 3 is 2.59 bits per heavy atom. The third-order valence-corrected chi connectivity index (χ3v) is 9.13. The molecule has 2 aromatic heterocycles. The fourth-order valence-electron chi connectivity index (χ4n) is 5.23. The first kappa shape index (κ1) is 25.6. The molecule has 0 aliphatic carbocycles. The fraction of sp³-hybridized carbons (Fsp3) is 0.500. The van der Waals surface area contributed by atoms with Gasteiger partial charge < -0.3 is 20.2 Å². The number of piperidine rings is 1. The largest absolute Gasteiger partial charge is 0.390 e. The number of fused-ring (bicyclic) bond motifs is 1. The van der Waals surface area contributed by atoms with Crippen LogP contribution in [0.2, 0.25) is 0 Å². The molecule has 2 N–H and O–H groups in total. The van der Waals surface area contributed by atoms with E-state index in [2.05, 4.69) is 51.1 Å². The summed E-state index contributed by atoms with van der Waals surface area (Å²) in [6.45, 7) is 7.22. The molecule has 11 heteroatoms. The number of halogens is 1. The number of benzene rings is 1. The Morgan fingerprint density at radius 2 is 1.92 bits per heavy atom. The van der Waals surface area contributed by atoms with Crippen molar-refractivity contribution in [3.8, 4) is 0 Å². The number of nitrogens with zero attached hydrogens (tertiary/aromatic N) is 5. The fourth-order valence-corrected chi connectivity index (χ4v) is 6.52. The summed E-state index contributed by atoms with van der Waals surface area (Å²) in [5.74, 6) is 1.82. The number of rotatable bonds is 6. The molecule has 0 saturated carbocycles. The van der Waals surface area contributed by atoms with Crippen molar-refractivity contribution in [1.82, 2.24) is 15.0 Å². The summed E-state index contributed by atoms with van der Waals surface area (Å²) in [6.07, 6.45) is 2.79. The summed E-state index contributed by atoms with van der Waals surface area (Å²) in [5, 5.41) is 14.6. The maximum Gasteiger partial charge on any atom is 0.227 e. The number of aliphatic hydroxyl groups excluding tert-OH is 1. The van der Waals surface area contributed by atoms with Crippen molar-refractivity contribution >= 4 is 43.9 Å². The highest BCUT2D eigenvalue weighted by molar-refractivity contribution is 7.91. The highest BCUT2D eigenvalue weighted by atomic mass is 32.2. The van der Waals surface area contributed by atoms with Crippen LogP contribution in [0.25, 0.3) is 10.8 Å². The van der Waals surface area contributed by atoms with Crippen LogP contribution >= 0.6 is 0 Å². The lowest BCUT2D eigenvalue weighted by atomic mass is 9.93. The molecule has 0 radical (unpaired) electrons. The van der Waals surface area contributed by atoms with E-state index >= 15 is 0 Å². The molecular weight excluding hydrogens is 495 g/mol. The SMILES string of the molecule is CC(C)c1ccc(N2C[C@H](S(C)(=O)=O)[C@H]2C)c2cnc(Nc3ccnc(N4CC[C@H](O)[C@H](F)C4)n3)cc12. The molecule has 9 nitrogen and oxygen atoms in total. The maximum atomic E-state index is 14.0. The van der Waals surface area contributed by atoms with E-state index in [1.54, 1.807) is 17.2 Å². The first-order valence-corrected chi connectivity index (χ1v) is 14.5. The zero-order valence-electron chi connectivity index (χ0n) is 21.5. The molecule has 5 rings (SSSR count). The summed E-state index contributed by atoms with van der Waals surface area (Å²) in [5.41, 5.74) is 2.14. The Balaban J connectivity index is 1.44. The van der Waals surface area contributed by atoms with Gasteiger partial charge in [-0.3, -0.25) is 0 Å². The van der Waals surface area contributed by atoms with Crippen molar-refractivity contribution in [2.45, 2.75) is 56.7 Å². The standard InChI is InChI=1S/C26H33FN6O3S/c1-15(2)17-5-6-21(33-14-23(16(33)3)37(4,35)36)19-12-29-25(11-18(17)19)30-24-7-9-28-26(31-24)32-10-8-22(34)20(27)13-32/h5-7,9,11-12,15-16,20,22-23,34H,8,10,13-14H2,1-4H3,(H,28,29,30,31)/t16-,20-,22+,23+/m1/s1. The predicted molar refractivity (Wildman–Crippen MR) is 144 cm³/mol. The monoisotopic (exact) mass is 528 g/mol. The minimum absolute atomic E-state index is 0.0501. The van der Waals surface area contributed by atoms with Crippen LogP contribution in [0.3, 0.4) is 0 Å². The number of aliphatic hydroxyl groups is 1. The second-order valence-corrected chi connectivity index (χ2v) is 12.7. The van der Waals surface area contributed by atoms with E-state index in [9.17, 15) is 17.9 Å². The normalized spacial score (nSPS) is 24.4. The molecular formula is C26H33FN6O3S. The molecule has 2 fully saturated rings. The quantitative estimate of drug-likeness (QED) is 0.497. The number of aromatic nitrogens is 3. The van der Waals surface area contributed by atoms with Crippen molar-refractivity contribution < 1.29 is 17.9 Å². The first-order chi connectivity index (χ1) is 17.5. The smallest absolute Gasteiger partial charge is 0.227 e. The maximum absolute atomic E-state index is 14.0. The Morgan fingerprint density at radius 1 is 1.14 bits per heavy atom. The van der Waals surface area contributed by atoms with Gasteiger partial charge in [-0.1, -0.05) is 19.9 Å². The number of alkyl halides is 1. The molecule has 4 heterocycles. The lowest BCUT2D eigenvalue weighted by Gasteiger charge is -2.47. The average Bonchev–Trinajstić information content (AvgIpc) is 2.84. The van der Waals surface area contributed by atoms with Crippen molar-refractivity contribution in [1.29, 1.82) is 0 Å². The van der Waals surface area contributed by atoms with Crippen molar-refractivity contribution in [3.63, 3.8) is 0 Å². The molecule has 3 aromatic rings. The molecule has 1 aromatic carbocycles. The highest BCUT2D eigenvalue weighted by Crippen LogP contribution is 2.39. The van der Waals surface area contributed by atoms with Gasteiger partial charge in [0.15, 0.2) is 9.84 Å². The number of hydrogen-bond donors (Lipinski definition) is 2. The molecule has 2 saturated heterocycles. The Kier molecular flexibility index (Phi) is 6.70. The summed E-state index contributed by atoms with van der Waals surface area (Å²) in [4.78, 5) is 17.3. The molecule has 2 aliphatic rings. The van der Waals surface area contributed by atoms with Gasteiger partial charge in [0, 0.05) is 48.9 Å². The van der Waals surface area contributed by atoms with Gasteiger partial charge in [-0.2, -0.15) is 4.98 Å². The topological polar surface area (TPSA) is 112 Å². The average molecular weight is 529 g/mol. The Bertz CT molecular complexity index is 1420. The molecule has 198 valence electrons. The molecule has 0 amide bonds. The zero-order valence-corrected chi connectivity index (χ0v) is 22.3. The van der Waals surface area contributed by atoms with E-state index in [0.717, 1.165) is 16.5 Å². The Hall–Kier alpha value is -3.05. The van der Waals surface area contributed by atoms with Gasteiger partial charge in [0.2, 0.25) is 5.95 Å². The highest BCUT2D eigenvalue weighted by Gasteiger charge is 2.42. The van der Waals surface area contributed by atoms with Gasteiger partial charge in [0.25, 0.3) is 0 Å². The van der Waals surface area contributed by atoms with Crippen LogP contribution in [-0.2, 0) is 9.84 Å². The van der Waals surface area contributed by atoms with Crippen LogP contribution in [0.15, 0.2) is 36.7 Å². The number of sulfone groups is 1. The molecule has 37 heavy (non-hydrogen) atoms. The lowest BCUT2D eigenvalue weighted by Crippen LogP contribution is -2.61. The van der Waals surface area contributed by atoms with E-state index in [-0.39, 0.29) is 23.8 Å². The van der Waals surface area contributed by atoms with Gasteiger partial charge >= 0.3 is 0 Å². The van der Waals surface area contributed by atoms with Gasteiger partial charge in [-0.05, 0) is 48.4 Å². The number of hydrogen-bond acceptors (Lipinski definition) is 9. The minimum Gasteiger partial charge on any atom is -0.390 e. The second-order valence-electron chi connectivity index (χ2n) is 10.4. The third kappa shape index (κ3) is 4.94. The molecule has 0 unspecified atom stereocenters. The van der Waals surface area contributed by atoms with E-state index in [1.165, 1.54) is 11.8 Å². The van der Waals surface area contributed by atoms with Gasteiger partial charge in [-0.25, -0.2) is 22.8 Å². The number of pyridine rings is 1.